The summed E-state index contributed by atoms with van der Waals surface area (Å²) in [5.41, 5.74) is -0.223. The summed E-state index contributed by atoms with van der Waals surface area (Å²) in [6, 6.07) is 1.14. The Labute approximate surface area is 156 Å². The molecular formula is C17H24ClFN2O5. The predicted octanol–water partition coefficient (Wildman–Crippen LogP) is 2.99. The van der Waals surface area contributed by atoms with Crippen molar-refractivity contribution in [2.45, 2.75) is 39.9 Å². The molecule has 0 unspecified atom stereocenters. The average Bonchev–Trinajstić information content (AvgIpc) is 2.55. The molecule has 146 valence electrons. The molecule has 0 radical (unpaired) electrons. The van der Waals surface area contributed by atoms with Crippen molar-refractivity contribution in [3.05, 3.63) is 28.0 Å². The molecule has 3 N–H and O–H groups in total. The number of aromatic carboxylic acids is 1. The third-order valence-corrected chi connectivity index (χ3v) is 4.03. The van der Waals surface area contributed by atoms with Crippen molar-refractivity contribution in [1.29, 1.82) is 0 Å². The zero-order valence-electron chi connectivity index (χ0n) is 15.2. The Morgan fingerprint density at radius 2 is 1.88 bits per heavy atom. The first-order valence-electron chi connectivity index (χ1n) is 8.13. The molecule has 1 aromatic rings. The van der Waals surface area contributed by atoms with Gasteiger partial charge in [-0.3, -0.25) is 0 Å². The Kier molecular flexibility index (Phi) is 8.26. The third-order valence-electron chi connectivity index (χ3n) is 3.69. The number of hydrogen-bond acceptors (Lipinski definition) is 6. The van der Waals surface area contributed by atoms with Crippen molar-refractivity contribution in [1.82, 2.24) is 0 Å². The summed E-state index contributed by atoms with van der Waals surface area (Å²) >= 11 is 6.12. The van der Waals surface area contributed by atoms with Crippen LogP contribution in [0.5, 0.6) is 0 Å². The molecule has 1 fully saturated rings. The van der Waals surface area contributed by atoms with Gasteiger partial charge < -0.3 is 25.1 Å². The van der Waals surface area contributed by atoms with E-state index in [2.05, 4.69) is 5.16 Å². The summed E-state index contributed by atoms with van der Waals surface area (Å²) in [6.45, 7) is 7.79. The normalized spacial score (nSPS) is 20.4. The lowest BCUT2D eigenvalue weighted by Gasteiger charge is -2.38. The molecule has 1 aromatic carbocycles. The molecule has 1 heterocycles. The molecule has 1 aliphatic heterocycles. The zero-order valence-corrected chi connectivity index (χ0v) is 15.9. The second-order valence-electron chi connectivity index (χ2n) is 5.92. The minimum atomic E-state index is -1.24. The lowest BCUT2D eigenvalue weighted by Crippen LogP contribution is -2.46. The highest BCUT2D eigenvalue weighted by Crippen LogP contribution is 2.36. The molecule has 26 heavy (non-hydrogen) atoms. The van der Waals surface area contributed by atoms with Gasteiger partial charge in [0.05, 0.1) is 29.2 Å². The van der Waals surface area contributed by atoms with Gasteiger partial charge in [0.1, 0.15) is 5.02 Å². The topological polar surface area (TPSA) is 103 Å². The van der Waals surface area contributed by atoms with Crippen LogP contribution in [0.3, 0.4) is 0 Å². The van der Waals surface area contributed by atoms with Gasteiger partial charge in [-0.05, 0) is 33.8 Å². The van der Waals surface area contributed by atoms with Gasteiger partial charge in [-0.2, -0.15) is 0 Å². The van der Waals surface area contributed by atoms with E-state index in [1.165, 1.54) is 6.92 Å². The molecular weight excluding hydrogens is 367 g/mol. The first-order valence-corrected chi connectivity index (χ1v) is 8.51. The van der Waals surface area contributed by atoms with Crippen molar-refractivity contribution < 1.29 is 29.3 Å². The van der Waals surface area contributed by atoms with E-state index in [-0.39, 0.29) is 46.4 Å². The number of oxime groups is 1. The van der Waals surface area contributed by atoms with Gasteiger partial charge in [0.2, 0.25) is 0 Å². The van der Waals surface area contributed by atoms with Crippen molar-refractivity contribution in [2.75, 3.05) is 24.6 Å². The fourth-order valence-corrected chi connectivity index (χ4v) is 3.09. The van der Waals surface area contributed by atoms with Gasteiger partial charge in [-0.15, -0.1) is 0 Å². The van der Waals surface area contributed by atoms with E-state index >= 15 is 0 Å². The van der Waals surface area contributed by atoms with Gasteiger partial charge >= 0.3 is 5.97 Å². The molecule has 0 saturated carbocycles. The number of ether oxygens (including phenoxy) is 1. The smallest absolute Gasteiger partial charge is 0.337 e. The van der Waals surface area contributed by atoms with Crippen LogP contribution in [0.25, 0.3) is 0 Å². The number of carboxylic acids is 1. The van der Waals surface area contributed by atoms with Gasteiger partial charge in [0, 0.05) is 25.3 Å². The van der Waals surface area contributed by atoms with Crippen LogP contribution in [0.2, 0.25) is 5.02 Å². The molecule has 1 saturated heterocycles. The van der Waals surface area contributed by atoms with Gasteiger partial charge in [-0.1, -0.05) is 16.8 Å². The van der Waals surface area contributed by atoms with Crippen molar-refractivity contribution in [2.24, 2.45) is 5.16 Å². The molecule has 0 aromatic heterocycles. The van der Waals surface area contributed by atoms with E-state index < -0.39 is 11.8 Å². The highest BCUT2D eigenvalue weighted by Gasteiger charge is 2.30. The molecule has 0 aliphatic carbocycles. The fourth-order valence-electron chi connectivity index (χ4n) is 2.77. The maximum atomic E-state index is 14.5. The van der Waals surface area contributed by atoms with E-state index in [1.54, 1.807) is 11.8 Å². The average molecular weight is 391 g/mol. The van der Waals surface area contributed by atoms with Crippen molar-refractivity contribution in [3.8, 4) is 0 Å². The number of rotatable bonds is 3. The number of nitrogens with zero attached hydrogens (tertiary/aromatic N) is 2. The van der Waals surface area contributed by atoms with Crippen LogP contribution in [0.4, 0.5) is 10.1 Å². The van der Waals surface area contributed by atoms with Gasteiger partial charge in [-0.25, -0.2) is 9.18 Å². The van der Waals surface area contributed by atoms with Crippen molar-refractivity contribution >= 4 is 29.0 Å². The molecule has 2 rings (SSSR count). The summed E-state index contributed by atoms with van der Waals surface area (Å²) in [5.74, 6) is -2.05. The SMILES string of the molecule is CC(=NO)c1cc(C(=O)O)c(N2C[C@@H](C)O[C@@H](C)C2)c(Cl)c1F.CCO. The summed E-state index contributed by atoms with van der Waals surface area (Å²) in [6.07, 6.45) is -0.278. The van der Waals surface area contributed by atoms with Gasteiger partial charge in [0.25, 0.3) is 0 Å². The predicted molar refractivity (Wildman–Crippen MR) is 97.3 cm³/mol. The summed E-state index contributed by atoms with van der Waals surface area (Å²) < 4.78 is 20.1. The second-order valence-corrected chi connectivity index (χ2v) is 6.30. The Bertz CT molecular complexity index is 674. The molecule has 7 nitrogen and oxygen atoms in total. The minimum absolute atomic E-state index is 0.0536. The van der Waals surface area contributed by atoms with Crippen LogP contribution in [-0.4, -0.2) is 59.0 Å². The van der Waals surface area contributed by atoms with E-state index in [1.807, 2.05) is 13.8 Å². The number of aliphatic hydroxyl groups excluding tert-OH is 1. The quantitative estimate of drug-likeness (QED) is 0.416. The zero-order chi connectivity index (χ0) is 20.0. The molecule has 2 atom stereocenters. The number of anilines is 1. The number of carbonyl (C=O) groups is 1. The van der Waals surface area contributed by atoms with Crippen LogP contribution in [0, 0.1) is 5.82 Å². The van der Waals surface area contributed by atoms with Crippen LogP contribution >= 0.6 is 11.6 Å². The number of morpholine rings is 1. The molecule has 0 spiro atoms. The van der Waals surface area contributed by atoms with Crippen molar-refractivity contribution in [3.63, 3.8) is 0 Å². The largest absolute Gasteiger partial charge is 0.478 e. The summed E-state index contributed by atoms with van der Waals surface area (Å²) in [4.78, 5) is 13.3. The van der Waals surface area contributed by atoms with E-state index in [4.69, 9.17) is 26.7 Å². The summed E-state index contributed by atoms with van der Waals surface area (Å²) in [7, 11) is 0. The molecule has 0 amide bonds. The lowest BCUT2D eigenvalue weighted by atomic mass is 10.0. The minimum Gasteiger partial charge on any atom is -0.478 e. The van der Waals surface area contributed by atoms with Crippen LogP contribution in [0.1, 0.15) is 43.6 Å². The Morgan fingerprint density at radius 1 is 1.38 bits per heavy atom. The number of hydrogen-bond donors (Lipinski definition) is 3. The van der Waals surface area contributed by atoms with Gasteiger partial charge in [0.15, 0.2) is 5.82 Å². The first-order chi connectivity index (χ1) is 12.2. The second kappa shape index (κ2) is 9.70. The van der Waals surface area contributed by atoms with E-state index in [9.17, 15) is 14.3 Å². The first kappa shape index (κ1) is 22.1. The Hall–Kier alpha value is -1.90. The lowest BCUT2D eigenvalue weighted by molar-refractivity contribution is -0.00532. The Balaban J connectivity index is 0.00000105. The number of aliphatic hydroxyl groups is 1. The Morgan fingerprint density at radius 3 is 2.31 bits per heavy atom. The van der Waals surface area contributed by atoms with Crippen LogP contribution in [0.15, 0.2) is 11.2 Å². The molecule has 9 heteroatoms. The standard InChI is InChI=1S/C15H18ClFN2O4.C2H6O/c1-7-5-19(6-8(2)23-7)14-11(15(20)21)4-10(9(3)18-22)13(17)12(14)16;1-2-3/h4,7-8,22H,5-6H2,1-3H3,(H,20,21);3H,2H2,1H3/t7-,8+;. The third kappa shape index (κ3) is 5.06. The number of carboxylic acid groups (broad SMARTS) is 1. The maximum absolute atomic E-state index is 14.5. The molecule has 0 bridgehead atoms. The molecule has 1 aliphatic rings. The van der Waals surface area contributed by atoms with E-state index in [0.717, 1.165) is 6.07 Å². The monoisotopic (exact) mass is 390 g/mol. The number of halogens is 2. The maximum Gasteiger partial charge on any atom is 0.337 e. The van der Waals surface area contributed by atoms with Crippen LogP contribution in [-0.2, 0) is 4.74 Å². The van der Waals surface area contributed by atoms with Crippen LogP contribution < -0.4 is 4.90 Å². The fraction of sp³-hybridized carbons (Fsp3) is 0.529. The van der Waals surface area contributed by atoms with E-state index in [0.29, 0.717) is 13.1 Å². The summed E-state index contributed by atoms with van der Waals surface area (Å²) in [5, 5.41) is 28.5. The number of benzene rings is 1. The highest BCUT2D eigenvalue weighted by molar-refractivity contribution is 6.34. The highest BCUT2D eigenvalue weighted by atomic mass is 35.5.